The van der Waals surface area contributed by atoms with E-state index in [0.717, 1.165) is 12.8 Å². The summed E-state index contributed by atoms with van der Waals surface area (Å²) >= 11 is 0. The Bertz CT molecular complexity index is 527. The molecule has 4 N–H and O–H groups in total. The lowest BCUT2D eigenvalue weighted by molar-refractivity contribution is -0.122. The average molecular weight is 291 g/mol. The number of nitrogens with two attached hydrogens (primary N) is 1. The molecule has 0 radical (unpaired) electrons. The third-order valence-electron chi connectivity index (χ3n) is 3.24. The number of nitrogens with one attached hydrogen (secondary N) is 2. The molecule has 0 aliphatic heterocycles. The quantitative estimate of drug-likeness (QED) is 0.514. The maximum atomic E-state index is 12.2. The van der Waals surface area contributed by atoms with Gasteiger partial charge in [-0.05, 0) is 31.9 Å². The van der Waals surface area contributed by atoms with Crippen molar-refractivity contribution in [1.29, 1.82) is 0 Å². The van der Waals surface area contributed by atoms with E-state index < -0.39 is 0 Å². The van der Waals surface area contributed by atoms with Gasteiger partial charge in [0.2, 0.25) is 5.91 Å². The minimum absolute atomic E-state index is 0.0680. The molecule has 2 amide bonds. The van der Waals surface area contributed by atoms with E-state index in [-0.39, 0.29) is 17.7 Å². The number of hydrogen-bond acceptors (Lipinski definition) is 4. The van der Waals surface area contributed by atoms with Crippen molar-refractivity contribution in [2.45, 2.75) is 19.8 Å². The van der Waals surface area contributed by atoms with E-state index in [2.05, 4.69) is 10.6 Å². The fraction of sp³-hybridized carbons (Fsp3) is 0.467. The van der Waals surface area contributed by atoms with Crippen LogP contribution in [-0.4, -0.2) is 31.5 Å². The van der Waals surface area contributed by atoms with Crippen LogP contribution in [0, 0.1) is 5.92 Å². The summed E-state index contributed by atoms with van der Waals surface area (Å²) in [5.41, 5.74) is 6.56. The third kappa shape index (κ3) is 4.11. The SMILES string of the molecule is CCOc1cccc(N)c1C(=O)NCCNC(=O)C1CC1. The lowest BCUT2D eigenvalue weighted by Gasteiger charge is -2.13. The van der Waals surface area contributed by atoms with Crippen molar-refractivity contribution < 1.29 is 14.3 Å². The van der Waals surface area contributed by atoms with E-state index in [9.17, 15) is 9.59 Å². The summed E-state index contributed by atoms with van der Waals surface area (Å²) < 4.78 is 5.41. The van der Waals surface area contributed by atoms with Gasteiger partial charge in [-0.15, -0.1) is 0 Å². The van der Waals surface area contributed by atoms with Crippen LogP contribution in [0.3, 0.4) is 0 Å². The van der Waals surface area contributed by atoms with Gasteiger partial charge < -0.3 is 21.1 Å². The predicted octanol–water partition coefficient (Wildman–Crippen LogP) is 0.923. The van der Waals surface area contributed by atoms with Crippen LogP contribution >= 0.6 is 0 Å². The highest BCUT2D eigenvalue weighted by molar-refractivity contribution is 6.01. The molecule has 1 saturated carbocycles. The van der Waals surface area contributed by atoms with Crippen LogP contribution in [-0.2, 0) is 4.79 Å². The number of amides is 2. The maximum absolute atomic E-state index is 12.2. The standard InChI is InChI=1S/C15H21N3O3/c1-2-21-12-5-3-4-11(16)13(12)15(20)18-9-8-17-14(19)10-6-7-10/h3-5,10H,2,6-9,16H2,1H3,(H,17,19)(H,18,20). The molecule has 0 unspecified atom stereocenters. The van der Waals surface area contributed by atoms with E-state index in [1.165, 1.54) is 0 Å². The van der Waals surface area contributed by atoms with E-state index in [0.29, 0.717) is 36.7 Å². The van der Waals surface area contributed by atoms with Crippen molar-refractivity contribution in [3.8, 4) is 5.75 Å². The molecule has 1 aromatic rings. The molecule has 0 atom stereocenters. The van der Waals surface area contributed by atoms with Gasteiger partial charge in [0, 0.05) is 24.7 Å². The first-order valence-corrected chi connectivity index (χ1v) is 7.20. The number of nitrogen functional groups attached to an aromatic ring is 1. The van der Waals surface area contributed by atoms with Crippen LogP contribution in [0.15, 0.2) is 18.2 Å². The summed E-state index contributed by atoms with van der Waals surface area (Å²) in [6.45, 7) is 3.08. The molecule has 1 aliphatic rings. The molecule has 1 aromatic carbocycles. The zero-order chi connectivity index (χ0) is 15.2. The predicted molar refractivity (Wildman–Crippen MR) is 80.1 cm³/mol. The summed E-state index contributed by atoms with van der Waals surface area (Å²) in [5, 5.41) is 5.53. The molecule has 114 valence electrons. The van der Waals surface area contributed by atoms with Crippen molar-refractivity contribution in [2.24, 2.45) is 5.92 Å². The van der Waals surface area contributed by atoms with Gasteiger partial charge in [-0.2, -0.15) is 0 Å². The monoisotopic (exact) mass is 291 g/mol. The average Bonchev–Trinajstić information content (AvgIpc) is 3.28. The van der Waals surface area contributed by atoms with Crippen LogP contribution in [0.2, 0.25) is 0 Å². The molecule has 1 aliphatic carbocycles. The number of carbonyl (C=O) groups is 2. The minimum Gasteiger partial charge on any atom is -0.493 e. The highest BCUT2D eigenvalue weighted by Crippen LogP contribution is 2.28. The maximum Gasteiger partial charge on any atom is 0.257 e. The Morgan fingerprint density at radius 2 is 2.00 bits per heavy atom. The molecule has 2 rings (SSSR count). The van der Waals surface area contributed by atoms with E-state index in [4.69, 9.17) is 10.5 Å². The van der Waals surface area contributed by atoms with Gasteiger partial charge in [-0.1, -0.05) is 6.07 Å². The number of anilines is 1. The van der Waals surface area contributed by atoms with E-state index >= 15 is 0 Å². The largest absolute Gasteiger partial charge is 0.493 e. The Kier molecular flexibility index (Phi) is 5.03. The van der Waals surface area contributed by atoms with Gasteiger partial charge in [0.25, 0.3) is 5.91 Å². The molecule has 6 nitrogen and oxygen atoms in total. The first-order valence-electron chi connectivity index (χ1n) is 7.20. The Hall–Kier alpha value is -2.24. The Morgan fingerprint density at radius 3 is 2.67 bits per heavy atom. The lowest BCUT2D eigenvalue weighted by Crippen LogP contribution is -2.35. The molecule has 0 heterocycles. The molecule has 0 aromatic heterocycles. The van der Waals surface area contributed by atoms with Crippen molar-refractivity contribution in [3.05, 3.63) is 23.8 Å². The summed E-state index contributed by atoms with van der Waals surface area (Å²) in [6.07, 6.45) is 1.94. The third-order valence-corrected chi connectivity index (χ3v) is 3.24. The summed E-state index contributed by atoms with van der Waals surface area (Å²) in [6, 6.07) is 5.11. The second-order valence-electron chi connectivity index (χ2n) is 4.97. The molecule has 6 heteroatoms. The van der Waals surface area contributed by atoms with Crippen LogP contribution in [0.25, 0.3) is 0 Å². The van der Waals surface area contributed by atoms with E-state index in [1.54, 1.807) is 18.2 Å². The minimum atomic E-state index is -0.294. The van der Waals surface area contributed by atoms with Crippen molar-refractivity contribution >= 4 is 17.5 Å². The van der Waals surface area contributed by atoms with Gasteiger partial charge in [-0.3, -0.25) is 9.59 Å². The highest BCUT2D eigenvalue weighted by atomic mass is 16.5. The molecule has 0 spiro atoms. The smallest absolute Gasteiger partial charge is 0.257 e. The molecule has 0 saturated heterocycles. The summed E-state index contributed by atoms with van der Waals surface area (Å²) in [7, 11) is 0. The van der Waals surface area contributed by atoms with Gasteiger partial charge in [-0.25, -0.2) is 0 Å². The van der Waals surface area contributed by atoms with Crippen molar-refractivity contribution in [1.82, 2.24) is 10.6 Å². The molecular weight excluding hydrogens is 270 g/mol. The highest BCUT2D eigenvalue weighted by Gasteiger charge is 2.29. The Morgan fingerprint density at radius 1 is 1.29 bits per heavy atom. The number of carbonyl (C=O) groups excluding carboxylic acids is 2. The van der Waals surface area contributed by atoms with Gasteiger partial charge in [0.15, 0.2) is 0 Å². The van der Waals surface area contributed by atoms with Gasteiger partial charge in [0.05, 0.1) is 6.61 Å². The van der Waals surface area contributed by atoms with Crippen LogP contribution < -0.4 is 21.1 Å². The number of benzene rings is 1. The fourth-order valence-electron chi connectivity index (χ4n) is 2.01. The summed E-state index contributed by atoms with van der Waals surface area (Å²) in [4.78, 5) is 23.6. The second-order valence-corrected chi connectivity index (χ2v) is 4.97. The van der Waals surface area contributed by atoms with Crippen molar-refractivity contribution in [2.75, 3.05) is 25.4 Å². The first kappa shape index (κ1) is 15.2. The van der Waals surface area contributed by atoms with Crippen LogP contribution in [0.4, 0.5) is 5.69 Å². The Labute approximate surface area is 124 Å². The van der Waals surface area contributed by atoms with E-state index in [1.807, 2.05) is 6.92 Å². The van der Waals surface area contributed by atoms with Gasteiger partial charge >= 0.3 is 0 Å². The fourth-order valence-corrected chi connectivity index (χ4v) is 2.01. The van der Waals surface area contributed by atoms with Gasteiger partial charge in [0.1, 0.15) is 11.3 Å². The summed E-state index contributed by atoms with van der Waals surface area (Å²) in [5.74, 6) is 0.419. The number of rotatable bonds is 7. The molecule has 1 fully saturated rings. The molecule has 0 bridgehead atoms. The normalized spacial score (nSPS) is 13.6. The lowest BCUT2D eigenvalue weighted by atomic mass is 10.1. The molecule has 21 heavy (non-hydrogen) atoms. The second kappa shape index (κ2) is 6.97. The zero-order valence-electron chi connectivity index (χ0n) is 12.1. The van der Waals surface area contributed by atoms with Crippen LogP contribution in [0.5, 0.6) is 5.75 Å². The Balaban J connectivity index is 1.86. The zero-order valence-corrected chi connectivity index (χ0v) is 12.1. The number of hydrogen-bond donors (Lipinski definition) is 3. The first-order chi connectivity index (χ1) is 10.1. The molecular formula is C15H21N3O3. The topological polar surface area (TPSA) is 93.4 Å². The number of ether oxygens (including phenoxy) is 1. The van der Waals surface area contributed by atoms with Crippen LogP contribution in [0.1, 0.15) is 30.1 Å². The van der Waals surface area contributed by atoms with Crippen molar-refractivity contribution in [3.63, 3.8) is 0 Å².